The van der Waals surface area contributed by atoms with E-state index in [0.29, 0.717) is 19.8 Å². The SMILES string of the molecule is CC12COC([C@@H](NC(=O)OCc3ccccc3)C(=O)C#C[Si](C)(C)C)(OC1)OC2. The number of fused-ring (bicyclic) bond motifs is 3. The third-order valence-corrected chi connectivity index (χ3v) is 5.39. The lowest BCUT2D eigenvalue weighted by molar-refractivity contribution is -0.469. The summed E-state index contributed by atoms with van der Waals surface area (Å²) >= 11 is 0. The van der Waals surface area contributed by atoms with E-state index in [0.717, 1.165) is 5.56 Å². The van der Waals surface area contributed by atoms with Crippen molar-refractivity contribution in [3.05, 3.63) is 35.9 Å². The molecule has 1 amide bonds. The van der Waals surface area contributed by atoms with Gasteiger partial charge in [-0.15, -0.1) is 5.54 Å². The molecule has 0 unspecified atom stereocenters. The molecular formula is C21H27NO6Si. The molecule has 3 saturated heterocycles. The molecule has 1 atom stereocenters. The topological polar surface area (TPSA) is 83.1 Å². The number of ether oxygens (including phenoxy) is 4. The summed E-state index contributed by atoms with van der Waals surface area (Å²) in [5, 5.41) is 2.55. The Bertz CT molecular complexity index is 799. The zero-order valence-electron chi connectivity index (χ0n) is 17.2. The van der Waals surface area contributed by atoms with E-state index < -0.39 is 32.0 Å². The van der Waals surface area contributed by atoms with Crippen LogP contribution in [-0.2, 0) is 30.3 Å². The lowest BCUT2D eigenvalue weighted by atomic mass is 9.90. The maximum absolute atomic E-state index is 12.9. The summed E-state index contributed by atoms with van der Waals surface area (Å²) in [6, 6.07) is 8.01. The minimum absolute atomic E-state index is 0.0712. The van der Waals surface area contributed by atoms with Crippen molar-refractivity contribution in [1.29, 1.82) is 0 Å². The first-order chi connectivity index (χ1) is 13.6. The highest BCUT2D eigenvalue weighted by Gasteiger charge is 2.57. The van der Waals surface area contributed by atoms with Gasteiger partial charge in [0, 0.05) is 5.41 Å². The minimum atomic E-state index is -1.80. The lowest BCUT2D eigenvalue weighted by Gasteiger charge is -2.52. The van der Waals surface area contributed by atoms with Crippen molar-refractivity contribution in [2.45, 2.75) is 45.2 Å². The van der Waals surface area contributed by atoms with Crippen molar-refractivity contribution in [3.63, 3.8) is 0 Å². The summed E-state index contributed by atoms with van der Waals surface area (Å²) in [4.78, 5) is 25.3. The average Bonchev–Trinajstić information content (AvgIpc) is 2.70. The molecule has 3 aliphatic rings. The first-order valence-corrected chi connectivity index (χ1v) is 13.1. The van der Waals surface area contributed by atoms with Gasteiger partial charge in [-0.2, -0.15) is 0 Å². The Morgan fingerprint density at radius 2 is 1.72 bits per heavy atom. The molecule has 1 aromatic rings. The van der Waals surface area contributed by atoms with E-state index in [1.165, 1.54) is 0 Å². The van der Waals surface area contributed by atoms with Crippen LogP contribution in [0.1, 0.15) is 12.5 Å². The molecule has 2 bridgehead atoms. The maximum atomic E-state index is 12.9. The van der Waals surface area contributed by atoms with E-state index >= 15 is 0 Å². The molecule has 7 nitrogen and oxygen atoms in total. The molecule has 0 aromatic heterocycles. The van der Waals surface area contributed by atoms with Gasteiger partial charge in [0.05, 0.1) is 19.8 Å². The number of amides is 1. The second-order valence-corrected chi connectivity index (χ2v) is 13.5. The van der Waals surface area contributed by atoms with Gasteiger partial charge < -0.3 is 24.3 Å². The summed E-state index contributed by atoms with van der Waals surface area (Å²) in [7, 11) is -1.80. The Kier molecular flexibility index (Phi) is 6.15. The highest BCUT2D eigenvalue weighted by atomic mass is 28.3. The zero-order valence-corrected chi connectivity index (χ0v) is 18.2. The standard InChI is InChI=1S/C21H27NO6Si/c1-20-13-26-21(27-14-20,28-15-20)18(17(23)10-11-29(2,3)4)22-19(24)25-12-16-8-6-5-7-9-16/h5-9,18H,12-15H2,1-4H3,(H,22,24)/t18-,20?,21?/m0/s1. The highest BCUT2D eigenvalue weighted by Crippen LogP contribution is 2.40. The molecule has 0 aliphatic carbocycles. The van der Waals surface area contributed by atoms with Crippen molar-refractivity contribution in [1.82, 2.24) is 5.32 Å². The Hall–Kier alpha value is -2.18. The predicted molar refractivity (Wildman–Crippen MR) is 108 cm³/mol. The van der Waals surface area contributed by atoms with Gasteiger partial charge in [-0.1, -0.05) is 56.9 Å². The molecule has 1 N–H and O–H groups in total. The Labute approximate surface area is 172 Å². The monoisotopic (exact) mass is 417 g/mol. The number of carbonyl (C=O) groups excluding carboxylic acids is 2. The van der Waals surface area contributed by atoms with Crippen LogP contribution in [0.25, 0.3) is 0 Å². The number of hydrogen-bond acceptors (Lipinski definition) is 6. The molecule has 3 heterocycles. The summed E-state index contributed by atoms with van der Waals surface area (Å²) in [5.74, 6) is 0.429. The maximum Gasteiger partial charge on any atom is 0.408 e. The van der Waals surface area contributed by atoms with Crippen LogP contribution in [0.3, 0.4) is 0 Å². The van der Waals surface area contributed by atoms with Crippen molar-refractivity contribution in [2.24, 2.45) is 5.41 Å². The van der Waals surface area contributed by atoms with E-state index in [2.05, 4.69) is 16.8 Å². The number of benzene rings is 1. The third kappa shape index (κ3) is 5.45. The number of alkyl carbamates (subject to hydrolysis) is 1. The van der Waals surface area contributed by atoms with E-state index in [1.807, 2.05) is 56.9 Å². The van der Waals surface area contributed by atoms with Crippen LogP contribution in [-0.4, -0.2) is 51.8 Å². The lowest BCUT2D eigenvalue weighted by Crippen LogP contribution is -2.69. The van der Waals surface area contributed by atoms with Crippen LogP contribution in [0.5, 0.6) is 0 Å². The summed E-state index contributed by atoms with van der Waals surface area (Å²) in [6.45, 7) is 9.20. The molecular weight excluding hydrogens is 390 g/mol. The number of hydrogen-bond donors (Lipinski definition) is 1. The predicted octanol–water partition coefficient (Wildman–Crippen LogP) is 2.47. The molecule has 156 valence electrons. The fourth-order valence-electron chi connectivity index (χ4n) is 2.84. The Morgan fingerprint density at radius 3 is 2.28 bits per heavy atom. The summed E-state index contributed by atoms with van der Waals surface area (Å²) in [6.07, 6.45) is -0.772. The van der Waals surface area contributed by atoms with Gasteiger partial charge in [0.2, 0.25) is 5.78 Å². The van der Waals surface area contributed by atoms with E-state index in [1.54, 1.807) is 0 Å². The van der Waals surface area contributed by atoms with Crippen molar-refractivity contribution in [2.75, 3.05) is 19.8 Å². The molecule has 3 fully saturated rings. The normalized spacial score (nSPS) is 26.8. The quantitative estimate of drug-likeness (QED) is 0.585. The number of rotatable bonds is 5. The van der Waals surface area contributed by atoms with E-state index in [9.17, 15) is 9.59 Å². The van der Waals surface area contributed by atoms with Gasteiger partial charge in [-0.25, -0.2) is 4.79 Å². The number of ketones is 1. The minimum Gasteiger partial charge on any atom is -0.445 e. The molecule has 0 spiro atoms. The van der Waals surface area contributed by atoms with Gasteiger partial charge in [0.15, 0.2) is 6.04 Å². The first-order valence-electron chi connectivity index (χ1n) is 9.57. The second-order valence-electron chi connectivity index (χ2n) is 8.78. The molecule has 0 saturated carbocycles. The van der Waals surface area contributed by atoms with Gasteiger partial charge in [-0.3, -0.25) is 4.79 Å². The van der Waals surface area contributed by atoms with Crippen molar-refractivity contribution in [3.8, 4) is 11.5 Å². The largest absolute Gasteiger partial charge is 0.445 e. The smallest absolute Gasteiger partial charge is 0.408 e. The van der Waals surface area contributed by atoms with Gasteiger partial charge in [0.25, 0.3) is 0 Å². The third-order valence-electron chi connectivity index (χ3n) is 4.52. The van der Waals surface area contributed by atoms with Crippen LogP contribution in [0.4, 0.5) is 4.79 Å². The van der Waals surface area contributed by atoms with Crippen LogP contribution >= 0.6 is 0 Å². The van der Waals surface area contributed by atoms with Crippen LogP contribution < -0.4 is 5.32 Å². The number of nitrogens with one attached hydrogen (secondary N) is 1. The van der Waals surface area contributed by atoms with Crippen LogP contribution in [0, 0.1) is 16.9 Å². The van der Waals surface area contributed by atoms with Crippen LogP contribution in [0.2, 0.25) is 19.6 Å². The number of carbonyl (C=O) groups is 2. The average molecular weight is 418 g/mol. The zero-order chi connectivity index (χ0) is 21.1. The highest BCUT2D eigenvalue weighted by molar-refractivity contribution is 6.84. The van der Waals surface area contributed by atoms with Crippen LogP contribution in [0.15, 0.2) is 30.3 Å². The van der Waals surface area contributed by atoms with E-state index in [-0.39, 0.29) is 12.0 Å². The molecule has 29 heavy (non-hydrogen) atoms. The van der Waals surface area contributed by atoms with Gasteiger partial charge >= 0.3 is 12.1 Å². The van der Waals surface area contributed by atoms with E-state index in [4.69, 9.17) is 18.9 Å². The molecule has 3 aliphatic heterocycles. The van der Waals surface area contributed by atoms with Crippen molar-refractivity contribution >= 4 is 20.0 Å². The van der Waals surface area contributed by atoms with Crippen molar-refractivity contribution < 1.29 is 28.5 Å². The molecule has 1 aromatic carbocycles. The first kappa shape index (κ1) is 21.5. The second kappa shape index (κ2) is 8.28. The molecule has 4 rings (SSSR count). The Balaban J connectivity index is 1.74. The van der Waals surface area contributed by atoms with Gasteiger partial charge in [-0.05, 0) is 11.5 Å². The molecule has 8 heteroatoms. The fourth-order valence-corrected chi connectivity index (χ4v) is 3.34. The van der Waals surface area contributed by atoms with Gasteiger partial charge in [0.1, 0.15) is 14.7 Å². The number of Topliss-reactive ketones (excluding diaryl/α,β-unsaturated/α-hetero) is 1. The summed E-state index contributed by atoms with van der Waals surface area (Å²) in [5.41, 5.74) is 3.57. The Morgan fingerprint density at radius 1 is 1.14 bits per heavy atom. The molecule has 0 radical (unpaired) electrons. The fraction of sp³-hybridized carbons (Fsp3) is 0.524. The summed E-state index contributed by atoms with van der Waals surface area (Å²) < 4.78 is 22.5.